The lowest BCUT2D eigenvalue weighted by Gasteiger charge is -2.14. The Balaban J connectivity index is 2.35. The average molecular weight is 274 g/mol. The van der Waals surface area contributed by atoms with Crippen LogP contribution in [0.2, 0.25) is 0 Å². The Morgan fingerprint density at radius 2 is 2.10 bits per heavy atom. The Hall–Kier alpha value is -2.11. The third kappa shape index (κ3) is 3.07. The molecule has 3 N–H and O–H groups in total. The topological polar surface area (TPSA) is 77.6 Å². The lowest BCUT2D eigenvalue weighted by atomic mass is 10.1. The monoisotopic (exact) mass is 274 g/mol. The van der Waals surface area contributed by atoms with Gasteiger partial charge in [-0.15, -0.1) is 0 Å². The van der Waals surface area contributed by atoms with E-state index in [1.54, 1.807) is 31.5 Å². The quantitative estimate of drug-likeness (QED) is 0.875. The van der Waals surface area contributed by atoms with Crippen molar-refractivity contribution in [2.24, 2.45) is 5.73 Å². The molecule has 0 amide bonds. The number of aliphatic hydroxyl groups excluding tert-OH is 1. The van der Waals surface area contributed by atoms with E-state index in [9.17, 15) is 0 Å². The van der Waals surface area contributed by atoms with E-state index in [1.807, 2.05) is 19.1 Å². The van der Waals surface area contributed by atoms with Crippen molar-refractivity contribution in [2.45, 2.75) is 19.6 Å². The van der Waals surface area contributed by atoms with Gasteiger partial charge in [0.1, 0.15) is 0 Å². The number of hydrogen-bond donors (Lipinski definition) is 2. The highest BCUT2D eigenvalue weighted by molar-refractivity contribution is 5.45. The molecule has 2 rings (SSSR count). The highest BCUT2D eigenvalue weighted by atomic mass is 16.5. The van der Waals surface area contributed by atoms with Crippen molar-refractivity contribution in [3.05, 3.63) is 47.7 Å². The van der Waals surface area contributed by atoms with E-state index in [1.165, 1.54) is 0 Å². The number of hydrogen-bond acceptors (Lipinski definition) is 5. The van der Waals surface area contributed by atoms with Gasteiger partial charge in [-0.05, 0) is 30.7 Å². The Kier molecular flexibility index (Phi) is 4.55. The van der Waals surface area contributed by atoms with E-state index >= 15 is 0 Å². The minimum absolute atomic E-state index is 0.0503. The molecule has 0 saturated heterocycles. The summed E-state index contributed by atoms with van der Waals surface area (Å²) >= 11 is 0. The van der Waals surface area contributed by atoms with Gasteiger partial charge in [0, 0.05) is 17.8 Å². The standard InChI is InChI=1S/C15H18N2O3/c1-10(16)12-4-3-7-17-15(12)20-13-6-5-11(9-18)8-14(13)19-2/h3-8,10,18H,9,16H2,1-2H3/t10-/m0/s1. The highest BCUT2D eigenvalue weighted by Crippen LogP contribution is 2.33. The number of pyridine rings is 1. The van der Waals surface area contributed by atoms with Gasteiger partial charge in [0.25, 0.3) is 0 Å². The number of aromatic nitrogens is 1. The summed E-state index contributed by atoms with van der Waals surface area (Å²) in [4.78, 5) is 4.21. The Bertz CT molecular complexity index is 585. The first kappa shape index (κ1) is 14.3. The average Bonchev–Trinajstić information content (AvgIpc) is 2.48. The van der Waals surface area contributed by atoms with Crippen LogP contribution in [0, 0.1) is 0 Å². The largest absolute Gasteiger partial charge is 0.493 e. The smallest absolute Gasteiger partial charge is 0.224 e. The summed E-state index contributed by atoms with van der Waals surface area (Å²) < 4.78 is 11.1. The second kappa shape index (κ2) is 6.36. The van der Waals surface area contributed by atoms with E-state index in [-0.39, 0.29) is 12.6 Å². The van der Waals surface area contributed by atoms with E-state index in [2.05, 4.69) is 4.98 Å². The lowest BCUT2D eigenvalue weighted by Crippen LogP contribution is -2.07. The maximum Gasteiger partial charge on any atom is 0.224 e. The summed E-state index contributed by atoms with van der Waals surface area (Å²) in [5, 5.41) is 9.13. The minimum Gasteiger partial charge on any atom is -0.493 e. The van der Waals surface area contributed by atoms with Gasteiger partial charge in [0.15, 0.2) is 11.5 Å². The van der Waals surface area contributed by atoms with Crippen LogP contribution in [0.25, 0.3) is 0 Å². The number of benzene rings is 1. The third-order valence-corrected chi connectivity index (χ3v) is 2.91. The van der Waals surface area contributed by atoms with Crippen molar-refractivity contribution < 1.29 is 14.6 Å². The van der Waals surface area contributed by atoms with Crippen molar-refractivity contribution in [1.82, 2.24) is 4.98 Å². The molecule has 0 aliphatic carbocycles. The van der Waals surface area contributed by atoms with E-state index in [0.717, 1.165) is 11.1 Å². The van der Waals surface area contributed by atoms with Crippen molar-refractivity contribution >= 4 is 0 Å². The fraction of sp³-hybridized carbons (Fsp3) is 0.267. The van der Waals surface area contributed by atoms with E-state index in [0.29, 0.717) is 17.4 Å². The molecule has 1 atom stereocenters. The molecule has 5 nitrogen and oxygen atoms in total. The molecule has 2 aromatic rings. The molecule has 106 valence electrons. The Labute approximate surface area is 118 Å². The SMILES string of the molecule is COc1cc(CO)ccc1Oc1ncccc1[C@H](C)N. The zero-order chi connectivity index (χ0) is 14.5. The van der Waals surface area contributed by atoms with Gasteiger partial charge in [-0.2, -0.15) is 0 Å². The van der Waals surface area contributed by atoms with Crippen LogP contribution >= 0.6 is 0 Å². The molecule has 1 heterocycles. The fourth-order valence-corrected chi connectivity index (χ4v) is 1.83. The molecule has 1 aromatic heterocycles. The molecule has 0 aliphatic rings. The van der Waals surface area contributed by atoms with Crippen LogP contribution < -0.4 is 15.2 Å². The first-order valence-corrected chi connectivity index (χ1v) is 6.31. The first-order chi connectivity index (χ1) is 9.65. The van der Waals surface area contributed by atoms with Crippen molar-refractivity contribution in [1.29, 1.82) is 0 Å². The minimum atomic E-state index is -0.179. The Morgan fingerprint density at radius 1 is 1.30 bits per heavy atom. The van der Waals surface area contributed by atoms with Crippen molar-refractivity contribution in [3.8, 4) is 17.4 Å². The third-order valence-electron chi connectivity index (χ3n) is 2.91. The summed E-state index contributed by atoms with van der Waals surface area (Å²) in [5.74, 6) is 1.53. The van der Waals surface area contributed by atoms with Gasteiger partial charge in [0.2, 0.25) is 5.88 Å². The summed E-state index contributed by atoms with van der Waals surface area (Å²) in [5.41, 5.74) is 7.47. The van der Waals surface area contributed by atoms with Crippen LogP contribution in [-0.4, -0.2) is 17.2 Å². The molecule has 0 unspecified atom stereocenters. The zero-order valence-corrected chi connectivity index (χ0v) is 11.5. The van der Waals surface area contributed by atoms with Crippen LogP contribution in [0.3, 0.4) is 0 Å². The molecule has 5 heteroatoms. The van der Waals surface area contributed by atoms with Crippen LogP contribution in [-0.2, 0) is 6.61 Å². The maximum atomic E-state index is 9.13. The number of nitrogens with zero attached hydrogens (tertiary/aromatic N) is 1. The maximum absolute atomic E-state index is 9.13. The van der Waals surface area contributed by atoms with Crippen molar-refractivity contribution in [3.63, 3.8) is 0 Å². The predicted octanol–water partition coefficient (Wildman–Crippen LogP) is 2.39. The zero-order valence-electron chi connectivity index (χ0n) is 11.5. The number of aliphatic hydroxyl groups is 1. The number of methoxy groups -OCH3 is 1. The molecule has 0 radical (unpaired) electrons. The Morgan fingerprint density at radius 3 is 2.75 bits per heavy atom. The number of nitrogens with two attached hydrogens (primary N) is 1. The first-order valence-electron chi connectivity index (χ1n) is 6.31. The summed E-state index contributed by atoms with van der Waals surface area (Å²) in [6, 6.07) is 8.75. The van der Waals surface area contributed by atoms with E-state index < -0.39 is 0 Å². The molecule has 20 heavy (non-hydrogen) atoms. The molecular weight excluding hydrogens is 256 g/mol. The fourth-order valence-electron chi connectivity index (χ4n) is 1.83. The van der Waals surface area contributed by atoms with Gasteiger partial charge < -0.3 is 20.3 Å². The van der Waals surface area contributed by atoms with Gasteiger partial charge in [-0.3, -0.25) is 0 Å². The molecule has 0 saturated carbocycles. The molecule has 0 bridgehead atoms. The van der Waals surface area contributed by atoms with Crippen LogP contribution in [0.4, 0.5) is 0 Å². The van der Waals surface area contributed by atoms with E-state index in [4.69, 9.17) is 20.3 Å². The highest BCUT2D eigenvalue weighted by Gasteiger charge is 2.13. The summed E-state index contributed by atoms with van der Waals surface area (Å²) in [6.45, 7) is 1.82. The van der Waals surface area contributed by atoms with Gasteiger partial charge in [0.05, 0.1) is 13.7 Å². The number of rotatable bonds is 5. The summed E-state index contributed by atoms with van der Waals surface area (Å²) in [6.07, 6.45) is 1.65. The molecular formula is C15H18N2O3. The lowest BCUT2D eigenvalue weighted by molar-refractivity contribution is 0.280. The van der Waals surface area contributed by atoms with Crippen LogP contribution in [0.1, 0.15) is 24.1 Å². The molecule has 0 spiro atoms. The van der Waals surface area contributed by atoms with Crippen molar-refractivity contribution in [2.75, 3.05) is 7.11 Å². The summed E-state index contributed by atoms with van der Waals surface area (Å²) in [7, 11) is 1.55. The molecule has 0 fully saturated rings. The van der Waals surface area contributed by atoms with Gasteiger partial charge in [-0.1, -0.05) is 12.1 Å². The van der Waals surface area contributed by atoms with Crippen LogP contribution in [0.5, 0.6) is 17.4 Å². The number of ether oxygens (including phenoxy) is 2. The van der Waals surface area contributed by atoms with Gasteiger partial charge in [-0.25, -0.2) is 4.98 Å². The van der Waals surface area contributed by atoms with Crippen LogP contribution in [0.15, 0.2) is 36.5 Å². The van der Waals surface area contributed by atoms with Gasteiger partial charge >= 0.3 is 0 Å². The second-order valence-corrected chi connectivity index (χ2v) is 4.43. The second-order valence-electron chi connectivity index (χ2n) is 4.43. The molecule has 1 aromatic carbocycles. The normalized spacial score (nSPS) is 12.0. The predicted molar refractivity (Wildman–Crippen MR) is 75.8 cm³/mol. The molecule has 0 aliphatic heterocycles.